The number of thiol groups is 1. The van der Waals surface area contributed by atoms with Crippen molar-refractivity contribution in [1.29, 1.82) is 0 Å². The normalized spacial score (nSPS) is 10.0. The molecule has 6 heteroatoms. The molecule has 0 aliphatic carbocycles. The van der Waals surface area contributed by atoms with E-state index >= 15 is 0 Å². The first-order valence-corrected chi connectivity index (χ1v) is 5.10. The number of esters is 2. The molecule has 13 heavy (non-hydrogen) atoms. The van der Waals surface area contributed by atoms with E-state index in [0.29, 0.717) is 5.08 Å². The van der Waals surface area contributed by atoms with Crippen molar-refractivity contribution in [2.75, 3.05) is 18.1 Å². The van der Waals surface area contributed by atoms with Crippen LogP contribution in [0.2, 0.25) is 0 Å². The van der Waals surface area contributed by atoms with Gasteiger partial charge in [-0.2, -0.15) is 12.6 Å². The summed E-state index contributed by atoms with van der Waals surface area (Å²) in [6.07, 6.45) is 2.03. The molecule has 0 rings (SSSR count). The second-order valence-corrected chi connectivity index (χ2v) is 3.45. The Kier molecular flexibility index (Phi) is 7.62. The third-order valence-electron chi connectivity index (χ3n) is 0.932. The smallest absolute Gasteiger partial charge is 0.331 e. The molecule has 0 N–H and O–H groups in total. The number of methoxy groups -OCH3 is 1. The molecule has 0 aromatic rings. The van der Waals surface area contributed by atoms with Crippen LogP contribution in [0.3, 0.4) is 0 Å². The van der Waals surface area contributed by atoms with Crippen LogP contribution in [0.5, 0.6) is 0 Å². The summed E-state index contributed by atoms with van der Waals surface area (Å²) in [6.45, 7) is 0. The van der Waals surface area contributed by atoms with Gasteiger partial charge in [0, 0.05) is 17.2 Å². The number of carbonyl (C=O) groups excluding carboxylic acids is 2. The molecule has 0 heterocycles. The highest BCUT2D eigenvalue weighted by Crippen LogP contribution is 2.01. The molecule has 0 bridgehead atoms. The highest BCUT2D eigenvalue weighted by atomic mass is 32.2. The van der Waals surface area contributed by atoms with Crippen LogP contribution < -0.4 is 0 Å². The van der Waals surface area contributed by atoms with Crippen molar-refractivity contribution in [3.8, 4) is 0 Å². The molecule has 0 unspecified atom stereocenters. The monoisotopic (exact) mass is 222 g/mol. The molecule has 0 amide bonds. The van der Waals surface area contributed by atoms with Crippen molar-refractivity contribution < 1.29 is 19.1 Å². The Morgan fingerprint density at radius 2 is 2.00 bits per heavy atom. The van der Waals surface area contributed by atoms with Crippen LogP contribution in [0.15, 0.2) is 12.2 Å². The standard InChI is InChI=1S/C7H10O4S2/c1-10-6(8)2-3-7(9)11-4-13-5-12/h2-3,12H,4-5H2,1H3. The van der Waals surface area contributed by atoms with E-state index in [9.17, 15) is 9.59 Å². The van der Waals surface area contributed by atoms with Gasteiger partial charge in [0.1, 0.15) is 5.94 Å². The Hall–Kier alpha value is -0.620. The van der Waals surface area contributed by atoms with Crippen molar-refractivity contribution in [3.05, 3.63) is 12.2 Å². The minimum Gasteiger partial charge on any atom is -0.466 e. The summed E-state index contributed by atoms with van der Waals surface area (Å²) in [5, 5.41) is 0.577. The summed E-state index contributed by atoms with van der Waals surface area (Å²) in [4.78, 5) is 21.3. The third kappa shape index (κ3) is 7.73. The molecule has 0 aliphatic rings. The molecule has 0 atom stereocenters. The summed E-state index contributed by atoms with van der Waals surface area (Å²) in [5.41, 5.74) is 0. The molecule has 0 fully saturated rings. The predicted octanol–water partition coefficient (Wildman–Crippen LogP) is 0.837. The summed E-state index contributed by atoms with van der Waals surface area (Å²) < 4.78 is 8.93. The second-order valence-electron chi connectivity index (χ2n) is 1.77. The molecular weight excluding hydrogens is 212 g/mol. The quantitative estimate of drug-likeness (QED) is 0.245. The fraction of sp³-hybridized carbons (Fsp3) is 0.429. The van der Waals surface area contributed by atoms with Crippen LogP contribution >= 0.6 is 24.4 Å². The van der Waals surface area contributed by atoms with Crippen LogP contribution in [-0.2, 0) is 19.1 Å². The van der Waals surface area contributed by atoms with E-state index in [-0.39, 0.29) is 5.94 Å². The van der Waals surface area contributed by atoms with Gasteiger partial charge in [-0.25, -0.2) is 9.59 Å². The largest absolute Gasteiger partial charge is 0.466 e. The average molecular weight is 222 g/mol. The number of hydrogen-bond donors (Lipinski definition) is 1. The minimum atomic E-state index is -0.584. The van der Waals surface area contributed by atoms with E-state index < -0.39 is 11.9 Å². The molecule has 0 aliphatic heterocycles. The maximum atomic E-state index is 10.8. The van der Waals surface area contributed by atoms with E-state index in [1.54, 1.807) is 0 Å². The van der Waals surface area contributed by atoms with Crippen LogP contribution in [0, 0.1) is 0 Å². The van der Waals surface area contributed by atoms with Crippen molar-refractivity contribution >= 4 is 36.3 Å². The fourth-order valence-electron chi connectivity index (χ4n) is 0.389. The lowest BCUT2D eigenvalue weighted by Gasteiger charge is -1.97. The van der Waals surface area contributed by atoms with Gasteiger partial charge in [0.15, 0.2) is 0 Å². The van der Waals surface area contributed by atoms with Crippen molar-refractivity contribution in [3.63, 3.8) is 0 Å². The summed E-state index contributed by atoms with van der Waals surface area (Å²) in [6, 6.07) is 0. The van der Waals surface area contributed by atoms with Crippen LogP contribution in [0.1, 0.15) is 0 Å². The number of carbonyl (C=O) groups is 2. The average Bonchev–Trinajstić information content (AvgIpc) is 2.14. The van der Waals surface area contributed by atoms with Gasteiger partial charge in [0.05, 0.1) is 7.11 Å². The Morgan fingerprint density at radius 3 is 2.54 bits per heavy atom. The Morgan fingerprint density at radius 1 is 1.38 bits per heavy atom. The number of thioether (sulfide) groups is 1. The highest BCUT2D eigenvalue weighted by Gasteiger charge is 1.98. The van der Waals surface area contributed by atoms with Crippen molar-refractivity contribution in [2.24, 2.45) is 0 Å². The van der Waals surface area contributed by atoms with Crippen molar-refractivity contribution in [2.45, 2.75) is 0 Å². The van der Waals surface area contributed by atoms with Crippen LogP contribution in [0.4, 0.5) is 0 Å². The molecule has 0 saturated heterocycles. The summed E-state index contributed by atoms with van der Waals surface area (Å²) >= 11 is 5.25. The van der Waals surface area contributed by atoms with E-state index in [4.69, 9.17) is 0 Å². The number of hydrogen-bond acceptors (Lipinski definition) is 6. The maximum absolute atomic E-state index is 10.8. The molecule has 74 valence electrons. The van der Waals surface area contributed by atoms with E-state index in [0.717, 1.165) is 12.2 Å². The van der Waals surface area contributed by atoms with E-state index in [1.165, 1.54) is 18.9 Å². The van der Waals surface area contributed by atoms with Crippen LogP contribution in [0.25, 0.3) is 0 Å². The fourth-order valence-corrected chi connectivity index (χ4v) is 0.887. The number of ether oxygens (including phenoxy) is 2. The second kappa shape index (κ2) is 8.00. The lowest BCUT2D eigenvalue weighted by Crippen LogP contribution is -2.02. The zero-order valence-electron chi connectivity index (χ0n) is 7.06. The van der Waals surface area contributed by atoms with Gasteiger partial charge in [-0.1, -0.05) is 0 Å². The van der Waals surface area contributed by atoms with Gasteiger partial charge in [-0.05, 0) is 0 Å². The first kappa shape index (κ1) is 12.4. The molecule has 0 radical (unpaired) electrons. The Bertz CT molecular complexity index is 203. The zero-order valence-corrected chi connectivity index (χ0v) is 8.77. The Labute approximate surface area is 86.1 Å². The van der Waals surface area contributed by atoms with Gasteiger partial charge in [0.25, 0.3) is 0 Å². The SMILES string of the molecule is COC(=O)C=CC(=O)OCSCS. The topological polar surface area (TPSA) is 52.6 Å². The lowest BCUT2D eigenvalue weighted by atomic mass is 10.5. The molecule has 0 aromatic heterocycles. The highest BCUT2D eigenvalue weighted by molar-refractivity contribution is 8.09. The summed E-state index contributed by atoms with van der Waals surface area (Å²) in [7, 11) is 1.23. The number of rotatable bonds is 5. The molecule has 0 aromatic carbocycles. The van der Waals surface area contributed by atoms with Crippen molar-refractivity contribution in [1.82, 2.24) is 0 Å². The lowest BCUT2D eigenvalue weighted by molar-refractivity contribution is -0.137. The Balaban J connectivity index is 3.61. The van der Waals surface area contributed by atoms with Gasteiger partial charge >= 0.3 is 11.9 Å². The van der Waals surface area contributed by atoms with Gasteiger partial charge in [0.2, 0.25) is 0 Å². The molecule has 0 spiro atoms. The molecular formula is C7H10O4S2. The summed E-state index contributed by atoms with van der Waals surface area (Å²) in [5.74, 6) is -0.924. The van der Waals surface area contributed by atoms with Gasteiger partial charge in [-0.3, -0.25) is 0 Å². The maximum Gasteiger partial charge on any atom is 0.331 e. The minimum absolute atomic E-state index is 0.230. The third-order valence-corrected chi connectivity index (χ3v) is 1.95. The molecule has 0 saturated carbocycles. The first-order valence-electron chi connectivity index (χ1n) is 3.32. The van der Waals surface area contributed by atoms with Gasteiger partial charge in [-0.15, -0.1) is 11.8 Å². The van der Waals surface area contributed by atoms with Gasteiger partial charge < -0.3 is 9.47 Å². The molecule has 4 nitrogen and oxygen atoms in total. The van der Waals surface area contributed by atoms with E-state index in [2.05, 4.69) is 22.1 Å². The predicted molar refractivity (Wildman–Crippen MR) is 53.6 cm³/mol. The van der Waals surface area contributed by atoms with E-state index in [1.807, 2.05) is 0 Å². The first-order chi connectivity index (χ1) is 6.20. The zero-order chi connectivity index (χ0) is 10.1. The van der Waals surface area contributed by atoms with Crippen LogP contribution in [-0.4, -0.2) is 30.1 Å².